The van der Waals surface area contributed by atoms with Gasteiger partial charge in [-0.05, 0) is 65.6 Å². The summed E-state index contributed by atoms with van der Waals surface area (Å²) in [7, 11) is 1.68. The largest absolute Gasteiger partial charge is 0.384 e. The Balaban J connectivity index is 1.54. The normalized spacial score (nSPS) is 11.2. The van der Waals surface area contributed by atoms with Gasteiger partial charge in [0.25, 0.3) is 0 Å². The van der Waals surface area contributed by atoms with Crippen molar-refractivity contribution < 1.29 is 13.5 Å². The number of aryl methyl sites for hydroxylation is 2. The highest BCUT2D eigenvalue weighted by Gasteiger charge is 2.10. The smallest absolute Gasteiger partial charge is 0.142 e. The molecule has 3 aromatic carbocycles. The van der Waals surface area contributed by atoms with E-state index >= 15 is 4.39 Å². The van der Waals surface area contributed by atoms with Crippen molar-refractivity contribution in [2.75, 3.05) is 13.7 Å². The minimum Gasteiger partial charge on any atom is -0.384 e. The minimum atomic E-state index is -0.453. The van der Waals surface area contributed by atoms with Crippen LogP contribution < -0.4 is 0 Å². The van der Waals surface area contributed by atoms with E-state index in [1.165, 1.54) is 12.1 Å². The lowest BCUT2D eigenvalue weighted by Gasteiger charge is -2.09. The number of benzene rings is 3. The van der Waals surface area contributed by atoms with Crippen LogP contribution in [0.5, 0.6) is 0 Å². The maximum atomic E-state index is 15.1. The van der Waals surface area contributed by atoms with E-state index in [0.717, 1.165) is 34.2 Å². The highest BCUT2D eigenvalue weighted by molar-refractivity contribution is 6.30. The number of methoxy groups -OCH3 is 1. The zero-order chi connectivity index (χ0) is 21.8. The molecule has 0 fully saturated rings. The average Bonchev–Trinajstić information content (AvgIpc) is 2.79. The van der Waals surface area contributed by atoms with Gasteiger partial charge in [0.1, 0.15) is 11.6 Å². The van der Waals surface area contributed by atoms with Gasteiger partial charge in [0, 0.05) is 24.3 Å². The molecule has 0 N–H and O–H groups in total. The molecule has 1 aromatic heterocycles. The summed E-state index contributed by atoms with van der Waals surface area (Å²) in [5, 5.41) is 1.48. The van der Waals surface area contributed by atoms with Crippen LogP contribution in [0, 0.1) is 11.6 Å². The number of hydrogen-bond donors (Lipinski definition) is 0. The van der Waals surface area contributed by atoms with Crippen LogP contribution in [0.2, 0.25) is 5.02 Å². The molecule has 0 saturated carbocycles. The summed E-state index contributed by atoms with van der Waals surface area (Å²) in [6, 6.07) is 18.1. The van der Waals surface area contributed by atoms with E-state index in [0.29, 0.717) is 30.4 Å². The number of fused-ring (bicyclic) bond motifs is 1. The van der Waals surface area contributed by atoms with E-state index < -0.39 is 5.82 Å². The lowest BCUT2D eigenvalue weighted by molar-refractivity contribution is 0.202. The van der Waals surface area contributed by atoms with Gasteiger partial charge in [0.2, 0.25) is 0 Å². The van der Waals surface area contributed by atoms with E-state index in [-0.39, 0.29) is 10.8 Å². The van der Waals surface area contributed by atoms with E-state index in [1.54, 1.807) is 25.3 Å². The van der Waals surface area contributed by atoms with Crippen molar-refractivity contribution >= 4 is 22.4 Å². The van der Waals surface area contributed by atoms with E-state index in [2.05, 4.69) is 4.98 Å². The first-order valence-corrected chi connectivity index (χ1v) is 10.5. The standard InChI is InChI=1S/C26H22ClF2NO/c1-31-13-12-18-4-11-25(30-16-18)21-8-9-22-20(15-21)7-6-19(26(22)29)5-2-17-3-10-23(27)24(28)14-17/h3-4,6-11,14-16H,2,5,12-13H2,1H3. The van der Waals surface area contributed by atoms with E-state index in [4.69, 9.17) is 16.3 Å². The number of nitrogens with zero attached hydrogens (tertiary/aromatic N) is 1. The fourth-order valence-electron chi connectivity index (χ4n) is 3.63. The number of rotatable bonds is 7. The minimum absolute atomic E-state index is 0.0931. The summed E-state index contributed by atoms with van der Waals surface area (Å²) in [5.74, 6) is -0.688. The molecule has 0 spiro atoms. The molecule has 0 radical (unpaired) electrons. The van der Waals surface area contributed by atoms with Gasteiger partial charge >= 0.3 is 0 Å². The van der Waals surface area contributed by atoms with E-state index in [9.17, 15) is 4.39 Å². The third-order valence-corrected chi connectivity index (χ3v) is 5.72. The first kappa shape index (κ1) is 21.4. The second kappa shape index (κ2) is 9.54. The number of pyridine rings is 1. The van der Waals surface area contributed by atoms with Gasteiger partial charge < -0.3 is 4.74 Å². The van der Waals surface area contributed by atoms with Crippen molar-refractivity contribution in [2.45, 2.75) is 19.3 Å². The van der Waals surface area contributed by atoms with Crippen molar-refractivity contribution in [3.05, 3.63) is 100 Å². The molecule has 2 nitrogen and oxygen atoms in total. The average molecular weight is 438 g/mol. The number of ether oxygens (including phenoxy) is 1. The molecule has 31 heavy (non-hydrogen) atoms. The van der Waals surface area contributed by atoms with Gasteiger partial charge in [-0.1, -0.05) is 48.0 Å². The Morgan fingerprint density at radius 2 is 1.71 bits per heavy atom. The van der Waals surface area contributed by atoms with Crippen LogP contribution in [0.3, 0.4) is 0 Å². The summed E-state index contributed by atoms with van der Waals surface area (Å²) in [5.41, 5.74) is 4.29. The van der Waals surface area contributed by atoms with Crippen LogP contribution in [0.25, 0.3) is 22.0 Å². The predicted molar refractivity (Wildman–Crippen MR) is 122 cm³/mol. The molecule has 0 bridgehead atoms. The SMILES string of the molecule is COCCc1ccc(-c2ccc3c(F)c(CCc4ccc(Cl)c(F)c4)ccc3c2)nc1. The molecule has 0 aliphatic carbocycles. The van der Waals surface area contributed by atoms with Gasteiger partial charge in [-0.2, -0.15) is 0 Å². The van der Waals surface area contributed by atoms with Crippen LogP contribution in [0.4, 0.5) is 8.78 Å². The second-order valence-electron chi connectivity index (χ2n) is 7.52. The molecule has 5 heteroatoms. The number of hydrogen-bond acceptors (Lipinski definition) is 2. The molecule has 4 aromatic rings. The summed E-state index contributed by atoms with van der Waals surface area (Å²) in [4.78, 5) is 4.54. The summed E-state index contributed by atoms with van der Waals surface area (Å²) in [6.07, 6.45) is 3.68. The molecule has 0 aliphatic heterocycles. The van der Waals surface area contributed by atoms with Crippen LogP contribution >= 0.6 is 11.6 Å². The monoisotopic (exact) mass is 437 g/mol. The maximum absolute atomic E-state index is 15.1. The van der Waals surface area contributed by atoms with Crippen molar-refractivity contribution in [1.82, 2.24) is 4.98 Å². The van der Waals surface area contributed by atoms with Crippen LogP contribution in [0.1, 0.15) is 16.7 Å². The number of halogens is 3. The second-order valence-corrected chi connectivity index (χ2v) is 7.92. The van der Waals surface area contributed by atoms with Crippen LogP contribution in [-0.4, -0.2) is 18.7 Å². The fourth-order valence-corrected chi connectivity index (χ4v) is 3.74. The van der Waals surface area contributed by atoms with Gasteiger partial charge in [0.05, 0.1) is 17.3 Å². The third-order valence-electron chi connectivity index (χ3n) is 5.42. The topological polar surface area (TPSA) is 22.1 Å². The Labute approximate surface area is 185 Å². The Hall–Kier alpha value is -2.82. The Morgan fingerprint density at radius 3 is 2.45 bits per heavy atom. The molecular weight excluding hydrogens is 416 g/mol. The Kier molecular flexibility index (Phi) is 6.59. The summed E-state index contributed by atoms with van der Waals surface area (Å²) < 4.78 is 33.8. The molecule has 1 heterocycles. The lowest BCUT2D eigenvalue weighted by atomic mass is 9.98. The molecule has 0 aliphatic rings. The molecule has 0 saturated heterocycles. The summed E-state index contributed by atoms with van der Waals surface area (Å²) >= 11 is 5.73. The first-order chi connectivity index (χ1) is 15.0. The molecule has 0 atom stereocenters. The zero-order valence-corrected chi connectivity index (χ0v) is 17.9. The van der Waals surface area contributed by atoms with Crippen molar-refractivity contribution in [1.29, 1.82) is 0 Å². The lowest BCUT2D eigenvalue weighted by Crippen LogP contribution is -1.97. The van der Waals surface area contributed by atoms with Crippen LogP contribution in [0.15, 0.2) is 66.9 Å². The molecular formula is C26H22ClF2NO. The quantitative estimate of drug-likeness (QED) is 0.317. The number of aromatic nitrogens is 1. The molecule has 0 unspecified atom stereocenters. The predicted octanol–water partition coefficient (Wildman–Crippen LogP) is 6.81. The highest BCUT2D eigenvalue weighted by atomic mass is 35.5. The maximum Gasteiger partial charge on any atom is 0.142 e. The Morgan fingerprint density at radius 1 is 0.871 bits per heavy atom. The van der Waals surface area contributed by atoms with Gasteiger partial charge in [-0.25, -0.2) is 8.78 Å². The van der Waals surface area contributed by atoms with Crippen molar-refractivity contribution in [2.24, 2.45) is 0 Å². The molecule has 158 valence electrons. The molecule has 0 amide bonds. The first-order valence-electron chi connectivity index (χ1n) is 10.1. The van der Waals surface area contributed by atoms with Crippen LogP contribution in [-0.2, 0) is 24.0 Å². The Bertz CT molecular complexity index is 1210. The van der Waals surface area contributed by atoms with Gasteiger partial charge in [0.15, 0.2) is 0 Å². The van der Waals surface area contributed by atoms with Crippen molar-refractivity contribution in [3.63, 3.8) is 0 Å². The van der Waals surface area contributed by atoms with Crippen molar-refractivity contribution in [3.8, 4) is 11.3 Å². The third kappa shape index (κ3) is 4.92. The molecule has 4 rings (SSSR count). The van der Waals surface area contributed by atoms with Gasteiger partial charge in [-0.15, -0.1) is 0 Å². The van der Waals surface area contributed by atoms with Gasteiger partial charge in [-0.3, -0.25) is 4.98 Å². The van der Waals surface area contributed by atoms with E-state index in [1.807, 2.05) is 36.5 Å². The highest BCUT2D eigenvalue weighted by Crippen LogP contribution is 2.27. The summed E-state index contributed by atoms with van der Waals surface area (Å²) in [6.45, 7) is 0.658. The fraction of sp³-hybridized carbons (Fsp3) is 0.192. The zero-order valence-electron chi connectivity index (χ0n) is 17.2.